The quantitative estimate of drug-likeness (QED) is 0.941. The predicted octanol–water partition coefficient (Wildman–Crippen LogP) is 2.06. The molecule has 2 atom stereocenters. The van der Waals surface area contributed by atoms with Crippen LogP contribution in [0.5, 0.6) is 0 Å². The zero-order valence-electron chi connectivity index (χ0n) is 12.9. The lowest BCUT2D eigenvalue weighted by molar-refractivity contribution is -0.143. The van der Waals surface area contributed by atoms with Gasteiger partial charge in [-0.3, -0.25) is 9.59 Å². The fourth-order valence-corrected chi connectivity index (χ4v) is 3.10. The zero-order chi connectivity index (χ0) is 16.4. The van der Waals surface area contributed by atoms with Crippen molar-refractivity contribution < 1.29 is 14.7 Å². The van der Waals surface area contributed by atoms with Crippen molar-refractivity contribution in [2.24, 2.45) is 11.8 Å². The van der Waals surface area contributed by atoms with Gasteiger partial charge in [0.1, 0.15) is 5.69 Å². The van der Waals surface area contributed by atoms with Gasteiger partial charge in [-0.1, -0.05) is 25.1 Å². The third-order valence-corrected chi connectivity index (χ3v) is 4.16. The van der Waals surface area contributed by atoms with Crippen LogP contribution in [0.1, 0.15) is 23.8 Å². The first kappa shape index (κ1) is 15.3. The molecule has 6 heteroatoms. The van der Waals surface area contributed by atoms with Crippen LogP contribution in [0.2, 0.25) is 0 Å². The predicted molar refractivity (Wildman–Crippen MR) is 84.4 cm³/mol. The number of para-hydroxylation sites is 1. The normalized spacial score (nSPS) is 21.2. The number of carbonyl (C=O) groups is 2. The van der Waals surface area contributed by atoms with Crippen molar-refractivity contribution in [3.8, 4) is 5.69 Å². The first-order valence-corrected chi connectivity index (χ1v) is 7.68. The highest BCUT2D eigenvalue weighted by molar-refractivity contribution is 5.93. The Bertz CT molecular complexity index is 711. The number of amides is 1. The average Bonchev–Trinajstić information content (AvgIpc) is 3.04. The van der Waals surface area contributed by atoms with Gasteiger partial charge in [0.2, 0.25) is 0 Å². The van der Waals surface area contributed by atoms with Gasteiger partial charge in [-0.25, -0.2) is 4.68 Å². The number of hydrogen-bond acceptors (Lipinski definition) is 3. The molecule has 1 aliphatic heterocycles. The third-order valence-electron chi connectivity index (χ3n) is 4.16. The van der Waals surface area contributed by atoms with Gasteiger partial charge in [-0.2, -0.15) is 5.10 Å². The second-order valence-corrected chi connectivity index (χ2v) is 6.05. The monoisotopic (exact) mass is 313 g/mol. The molecule has 1 aromatic heterocycles. The second-order valence-electron chi connectivity index (χ2n) is 6.05. The lowest BCUT2D eigenvalue weighted by Crippen LogP contribution is -2.46. The van der Waals surface area contributed by atoms with Gasteiger partial charge in [-0.05, 0) is 30.5 Å². The molecule has 1 N–H and O–H groups in total. The summed E-state index contributed by atoms with van der Waals surface area (Å²) < 4.78 is 1.59. The molecule has 23 heavy (non-hydrogen) atoms. The van der Waals surface area contributed by atoms with E-state index in [-0.39, 0.29) is 18.4 Å². The summed E-state index contributed by atoms with van der Waals surface area (Å²) in [4.78, 5) is 25.8. The van der Waals surface area contributed by atoms with E-state index in [2.05, 4.69) is 5.10 Å². The molecule has 2 unspecified atom stereocenters. The molecule has 0 radical (unpaired) electrons. The first-order chi connectivity index (χ1) is 11.1. The van der Waals surface area contributed by atoms with Gasteiger partial charge in [0.15, 0.2) is 0 Å². The minimum Gasteiger partial charge on any atom is -0.481 e. The largest absolute Gasteiger partial charge is 0.481 e. The molecular formula is C17H19N3O3. The van der Waals surface area contributed by atoms with E-state index in [0.717, 1.165) is 5.69 Å². The van der Waals surface area contributed by atoms with Gasteiger partial charge in [0, 0.05) is 13.1 Å². The highest BCUT2D eigenvalue weighted by atomic mass is 16.4. The van der Waals surface area contributed by atoms with Crippen LogP contribution in [0.3, 0.4) is 0 Å². The molecule has 2 heterocycles. The Morgan fingerprint density at radius 1 is 1.17 bits per heavy atom. The van der Waals surface area contributed by atoms with E-state index < -0.39 is 11.9 Å². The molecule has 0 saturated carbocycles. The van der Waals surface area contributed by atoms with Gasteiger partial charge >= 0.3 is 5.97 Å². The van der Waals surface area contributed by atoms with Crippen molar-refractivity contribution in [3.63, 3.8) is 0 Å². The van der Waals surface area contributed by atoms with Crippen molar-refractivity contribution >= 4 is 11.9 Å². The minimum absolute atomic E-state index is 0.168. The van der Waals surface area contributed by atoms with Crippen molar-refractivity contribution in [1.29, 1.82) is 0 Å². The number of hydrogen-bond donors (Lipinski definition) is 1. The number of likely N-dealkylation sites (tertiary alicyclic amines) is 1. The summed E-state index contributed by atoms with van der Waals surface area (Å²) in [6, 6.07) is 11.1. The average molecular weight is 313 g/mol. The molecule has 0 aliphatic carbocycles. The van der Waals surface area contributed by atoms with Crippen LogP contribution in [0.25, 0.3) is 5.69 Å². The number of carboxylic acid groups (broad SMARTS) is 1. The first-order valence-electron chi connectivity index (χ1n) is 7.68. The van der Waals surface area contributed by atoms with Crippen molar-refractivity contribution in [3.05, 3.63) is 48.3 Å². The standard InChI is InChI=1S/C17H19N3O3/c1-12-9-13(17(22)23)11-19(10-12)16(21)15-7-8-18-20(15)14-5-3-2-4-6-14/h2-8,12-13H,9-11H2,1H3,(H,22,23). The molecule has 120 valence electrons. The van der Waals surface area contributed by atoms with Crippen LogP contribution in [0, 0.1) is 11.8 Å². The van der Waals surface area contributed by atoms with Crippen molar-refractivity contribution in [2.45, 2.75) is 13.3 Å². The van der Waals surface area contributed by atoms with Gasteiger partial charge in [-0.15, -0.1) is 0 Å². The fraction of sp³-hybridized carbons (Fsp3) is 0.353. The lowest BCUT2D eigenvalue weighted by Gasteiger charge is -2.34. The summed E-state index contributed by atoms with van der Waals surface area (Å²) in [5.41, 5.74) is 1.26. The van der Waals surface area contributed by atoms with E-state index in [1.54, 1.807) is 21.8 Å². The molecule has 1 aliphatic rings. The SMILES string of the molecule is CC1CC(C(=O)O)CN(C(=O)c2ccnn2-c2ccccc2)C1. The van der Waals surface area contributed by atoms with E-state index in [9.17, 15) is 14.7 Å². The van der Waals surface area contributed by atoms with E-state index >= 15 is 0 Å². The molecule has 0 spiro atoms. The molecular weight excluding hydrogens is 294 g/mol. The molecule has 6 nitrogen and oxygen atoms in total. The lowest BCUT2D eigenvalue weighted by atomic mass is 9.90. The summed E-state index contributed by atoms with van der Waals surface area (Å²) in [6.07, 6.45) is 2.19. The van der Waals surface area contributed by atoms with Gasteiger partial charge in [0.25, 0.3) is 5.91 Å². The second kappa shape index (κ2) is 6.24. The van der Waals surface area contributed by atoms with Crippen LogP contribution >= 0.6 is 0 Å². The number of rotatable bonds is 3. The molecule has 1 aromatic carbocycles. The van der Waals surface area contributed by atoms with E-state index in [4.69, 9.17) is 0 Å². The smallest absolute Gasteiger partial charge is 0.308 e. The maximum Gasteiger partial charge on any atom is 0.308 e. The van der Waals surface area contributed by atoms with E-state index in [1.807, 2.05) is 37.3 Å². The number of aliphatic carboxylic acids is 1. The van der Waals surface area contributed by atoms with Crippen molar-refractivity contribution in [1.82, 2.24) is 14.7 Å². The Morgan fingerprint density at radius 2 is 1.91 bits per heavy atom. The molecule has 0 bridgehead atoms. The van der Waals surface area contributed by atoms with Crippen LogP contribution in [0.15, 0.2) is 42.6 Å². The summed E-state index contributed by atoms with van der Waals surface area (Å²) in [5.74, 6) is -1.35. The third kappa shape index (κ3) is 3.11. The number of benzene rings is 1. The number of carbonyl (C=O) groups excluding carboxylic acids is 1. The zero-order valence-corrected chi connectivity index (χ0v) is 12.9. The summed E-state index contributed by atoms with van der Waals surface area (Å²) >= 11 is 0. The maximum atomic E-state index is 12.8. The Balaban J connectivity index is 1.87. The maximum absolute atomic E-state index is 12.8. The number of nitrogens with zero attached hydrogens (tertiary/aromatic N) is 3. The number of aromatic nitrogens is 2. The Labute approximate surface area is 134 Å². The Morgan fingerprint density at radius 3 is 2.61 bits per heavy atom. The van der Waals surface area contributed by atoms with Crippen LogP contribution in [-0.4, -0.2) is 44.8 Å². The number of piperidine rings is 1. The fourth-order valence-electron chi connectivity index (χ4n) is 3.10. The summed E-state index contributed by atoms with van der Waals surface area (Å²) in [5, 5.41) is 13.5. The highest BCUT2D eigenvalue weighted by Crippen LogP contribution is 2.23. The van der Waals surface area contributed by atoms with Crippen LogP contribution in [-0.2, 0) is 4.79 Å². The van der Waals surface area contributed by atoms with E-state index in [0.29, 0.717) is 18.7 Å². The van der Waals surface area contributed by atoms with E-state index in [1.165, 1.54) is 0 Å². The molecule has 3 rings (SSSR count). The molecule has 2 aromatic rings. The highest BCUT2D eigenvalue weighted by Gasteiger charge is 2.33. The number of carboxylic acids is 1. The summed E-state index contributed by atoms with van der Waals surface area (Å²) in [7, 11) is 0. The molecule has 1 fully saturated rings. The van der Waals surface area contributed by atoms with Crippen LogP contribution < -0.4 is 0 Å². The Hall–Kier alpha value is -2.63. The molecule has 1 amide bonds. The van der Waals surface area contributed by atoms with Crippen molar-refractivity contribution in [2.75, 3.05) is 13.1 Å². The van der Waals surface area contributed by atoms with Gasteiger partial charge in [0.05, 0.1) is 17.8 Å². The topological polar surface area (TPSA) is 75.4 Å². The molecule has 1 saturated heterocycles. The minimum atomic E-state index is -0.842. The van der Waals surface area contributed by atoms with Gasteiger partial charge < -0.3 is 10.0 Å². The summed E-state index contributed by atoms with van der Waals surface area (Å²) in [6.45, 7) is 2.80. The Kier molecular flexibility index (Phi) is 4.14. The van der Waals surface area contributed by atoms with Crippen LogP contribution in [0.4, 0.5) is 0 Å².